The van der Waals surface area contributed by atoms with Crippen molar-refractivity contribution in [1.29, 1.82) is 0 Å². The third-order valence-electron chi connectivity index (χ3n) is 3.50. The summed E-state index contributed by atoms with van der Waals surface area (Å²) in [5, 5.41) is 0. The number of hydrogen-bond acceptors (Lipinski definition) is 5. The van der Waals surface area contributed by atoms with Gasteiger partial charge in [0.1, 0.15) is 11.3 Å². The number of carbonyl (C=O) groups excluding carboxylic acids is 2. The van der Waals surface area contributed by atoms with Crippen LogP contribution in [-0.4, -0.2) is 24.8 Å². The van der Waals surface area contributed by atoms with Gasteiger partial charge in [0.2, 0.25) is 0 Å². The molecule has 2 aromatic rings. The molecule has 4 nitrogen and oxygen atoms in total. The fourth-order valence-corrected chi connectivity index (χ4v) is 3.21. The lowest BCUT2D eigenvalue weighted by Gasteiger charge is -2.15. The monoisotopic (exact) mass is 398 g/mol. The maximum atomic E-state index is 13.2. The summed E-state index contributed by atoms with van der Waals surface area (Å²) in [6.07, 6.45) is -5.41. The first kappa shape index (κ1) is 20.8. The van der Waals surface area contributed by atoms with Crippen LogP contribution in [0.3, 0.4) is 0 Å². The largest absolute Gasteiger partial charge is 0.496 e. The molecule has 0 N–H and O–H groups in total. The van der Waals surface area contributed by atoms with Gasteiger partial charge in [0, 0.05) is 10.6 Å². The molecule has 0 aromatic heterocycles. The Hall–Kier alpha value is -2.48. The van der Waals surface area contributed by atoms with Gasteiger partial charge in [0.05, 0.1) is 20.0 Å². The molecular formula is C19H17F3O4S. The minimum Gasteiger partial charge on any atom is -0.496 e. The number of carbonyl (C=O) groups is 2. The molecule has 0 heterocycles. The van der Waals surface area contributed by atoms with E-state index in [-0.39, 0.29) is 12.0 Å². The highest BCUT2D eigenvalue weighted by Crippen LogP contribution is 2.38. The van der Waals surface area contributed by atoms with E-state index in [0.29, 0.717) is 5.75 Å². The molecule has 0 unspecified atom stereocenters. The number of methoxy groups -OCH3 is 1. The molecule has 0 fully saturated rings. The summed E-state index contributed by atoms with van der Waals surface area (Å²) in [5.74, 6) is -1.81. The third kappa shape index (κ3) is 6.32. The SMILES string of the molecule is COc1cccc(CC(=O)OC(=O)CCSc2ccccc2)c1C(F)(F)F. The lowest BCUT2D eigenvalue weighted by Crippen LogP contribution is -2.18. The van der Waals surface area contributed by atoms with Crippen molar-refractivity contribution in [3.8, 4) is 5.75 Å². The molecule has 27 heavy (non-hydrogen) atoms. The summed E-state index contributed by atoms with van der Waals surface area (Å²) in [6.45, 7) is 0. The van der Waals surface area contributed by atoms with Crippen molar-refractivity contribution < 1.29 is 32.2 Å². The van der Waals surface area contributed by atoms with Gasteiger partial charge < -0.3 is 9.47 Å². The van der Waals surface area contributed by atoms with Crippen LogP contribution < -0.4 is 4.74 Å². The Balaban J connectivity index is 1.92. The van der Waals surface area contributed by atoms with E-state index < -0.39 is 35.8 Å². The van der Waals surface area contributed by atoms with Crippen molar-refractivity contribution in [3.05, 3.63) is 59.7 Å². The number of benzene rings is 2. The molecular weight excluding hydrogens is 381 g/mol. The number of hydrogen-bond donors (Lipinski definition) is 0. The molecule has 0 radical (unpaired) electrons. The second-order valence-corrected chi connectivity index (χ2v) is 6.59. The van der Waals surface area contributed by atoms with E-state index in [1.807, 2.05) is 30.3 Å². The van der Waals surface area contributed by atoms with Gasteiger partial charge >= 0.3 is 18.1 Å². The maximum Gasteiger partial charge on any atom is 0.420 e. The summed E-state index contributed by atoms with van der Waals surface area (Å²) in [4.78, 5) is 24.6. The molecule has 8 heteroatoms. The molecule has 0 saturated heterocycles. The Morgan fingerprint density at radius 3 is 2.33 bits per heavy atom. The Kier molecular flexibility index (Phi) is 7.29. The van der Waals surface area contributed by atoms with E-state index in [1.54, 1.807) is 0 Å². The predicted octanol–water partition coefficient (Wildman–Crippen LogP) is 4.51. The lowest BCUT2D eigenvalue weighted by molar-refractivity contribution is -0.158. The summed E-state index contributed by atoms with van der Waals surface area (Å²) >= 11 is 1.41. The molecule has 0 amide bonds. The topological polar surface area (TPSA) is 52.6 Å². The molecule has 0 aliphatic carbocycles. The van der Waals surface area contributed by atoms with Gasteiger partial charge in [0.15, 0.2) is 0 Å². The second-order valence-electron chi connectivity index (χ2n) is 5.43. The minimum atomic E-state index is -4.70. The zero-order valence-electron chi connectivity index (χ0n) is 14.4. The van der Waals surface area contributed by atoms with Gasteiger partial charge in [-0.2, -0.15) is 13.2 Å². The summed E-state index contributed by atoms with van der Waals surface area (Å²) in [6, 6.07) is 13.0. The number of halogens is 3. The van der Waals surface area contributed by atoms with Crippen LogP contribution in [0, 0.1) is 0 Å². The normalized spacial score (nSPS) is 11.1. The summed E-state index contributed by atoms with van der Waals surface area (Å²) < 4.78 is 49.1. The van der Waals surface area contributed by atoms with Crippen LogP contribution >= 0.6 is 11.8 Å². The second kappa shape index (κ2) is 9.45. The van der Waals surface area contributed by atoms with Crippen LogP contribution in [0.2, 0.25) is 0 Å². The van der Waals surface area contributed by atoms with Crippen LogP contribution in [0.15, 0.2) is 53.4 Å². The summed E-state index contributed by atoms with van der Waals surface area (Å²) in [7, 11) is 1.11. The highest BCUT2D eigenvalue weighted by atomic mass is 32.2. The Morgan fingerprint density at radius 1 is 1.00 bits per heavy atom. The van der Waals surface area contributed by atoms with Gasteiger partial charge in [-0.1, -0.05) is 30.3 Å². The van der Waals surface area contributed by atoms with E-state index in [4.69, 9.17) is 4.74 Å². The zero-order valence-corrected chi connectivity index (χ0v) is 15.2. The molecule has 0 spiro atoms. The third-order valence-corrected chi connectivity index (χ3v) is 4.51. The highest BCUT2D eigenvalue weighted by molar-refractivity contribution is 7.99. The van der Waals surface area contributed by atoms with Crippen LogP contribution in [0.4, 0.5) is 13.2 Å². The van der Waals surface area contributed by atoms with Gasteiger partial charge in [-0.25, -0.2) is 0 Å². The molecule has 2 rings (SSSR count). The molecule has 144 valence electrons. The summed E-state index contributed by atoms with van der Waals surface area (Å²) in [5.41, 5.74) is -1.35. The fourth-order valence-electron chi connectivity index (χ4n) is 2.35. The molecule has 0 aliphatic rings. The van der Waals surface area contributed by atoms with Gasteiger partial charge in [-0.3, -0.25) is 9.59 Å². The standard InChI is InChI=1S/C19H17F3O4S/c1-25-15-9-5-6-13(18(15)19(20,21)22)12-17(24)26-16(23)10-11-27-14-7-3-2-4-8-14/h2-9H,10-12H2,1H3. The average molecular weight is 398 g/mol. The van der Waals surface area contributed by atoms with E-state index in [2.05, 4.69) is 4.74 Å². The zero-order chi connectivity index (χ0) is 19.9. The number of ether oxygens (including phenoxy) is 2. The minimum absolute atomic E-state index is 0.0322. The smallest absolute Gasteiger partial charge is 0.420 e. The highest BCUT2D eigenvalue weighted by Gasteiger charge is 2.37. The number of thioether (sulfide) groups is 1. The maximum absolute atomic E-state index is 13.2. The first-order valence-corrected chi connectivity index (χ1v) is 8.94. The van der Waals surface area contributed by atoms with Crippen molar-refractivity contribution in [1.82, 2.24) is 0 Å². The van der Waals surface area contributed by atoms with Crippen LogP contribution in [0.25, 0.3) is 0 Å². The van der Waals surface area contributed by atoms with Crippen molar-refractivity contribution in [2.75, 3.05) is 12.9 Å². The van der Waals surface area contributed by atoms with Gasteiger partial charge in [-0.05, 0) is 23.8 Å². The number of alkyl halides is 3. The van der Waals surface area contributed by atoms with Crippen LogP contribution in [0.1, 0.15) is 17.5 Å². The van der Waals surface area contributed by atoms with Crippen molar-refractivity contribution in [2.24, 2.45) is 0 Å². The molecule has 2 aromatic carbocycles. The molecule has 0 bridgehead atoms. The Labute approximate surface area is 158 Å². The average Bonchev–Trinajstić information content (AvgIpc) is 2.61. The van der Waals surface area contributed by atoms with Crippen LogP contribution in [0.5, 0.6) is 5.75 Å². The fraction of sp³-hybridized carbons (Fsp3) is 0.263. The number of rotatable bonds is 7. The van der Waals surface area contributed by atoms with E-state index in [1.165, 1.54) is 17.8 Å². The Morgan fingerprint density at radius 2 is 1.70 bits per heavy atom. The lowest BCUT2D eigenvalue weighted by atomic mass is 10.0. The first-order chi connectivity index (χ1) is 12.8. The van der Waals surface area contributed by atoms with E-state index in [9.17, 15) is 22.8 Å². The number of esters is 2. The quantitative estimate of drug-likeness (QED) is 0.390. The molecule has 0 saturated carbocycles. The molecule has 0 atom stereocenters. The van der Waals surface area contributed by atoms with E-state index in [0.717, 1.165) is 24.1 Å². The first-order valence-electron chi connectivity index (χ1n) is 7.95. The van der Waals surface area contributed by atoms with Crippen molar-refractivity contribution in [3.63, 3.8) is 0 Å². The van der Waals surface area contributed by atoms with Crippen molar-refractivity contribution >= 4 is 23.7 Å². The molecule has 0 aliphatic heterocycles. The van der Waals surface area contributed by atoms with Gasteiger partial charge in [0.25, 0.3) is 0 Å². The van der Waals surface area contributed by atoms with Crippen LogP contribution in [-0.2, 0) is 26.9 Å². The van der Waals surface area contributed by atoms with E-state index >= 15 is 0 Å². The predicted molar refractivity (Wildman–Crippen MR) is 94.6 cm³/mol. The Bertz CT molecular complexity index is 791. The van der Waals surface area contributed by atoms with Gasteiger partial charge in [-0.15, -0.1) is 11.8 Å². The van der Waals surface area contributed by atoms with Crippen molar-refractivity contribution in [2.45, 2.75) is 23.9 Å².